The van der Waals surface area contributed by atoms with Gasteiger partial charge in [0.15, 0.2) is 0 Å². The molecule has 1 fully saturated rings. The van der Waals surface area contributed by atoms with E-state index in [1.165, 1.54) is 12.5 Å². The number of likely N-dealkylation sites (tertiary alicyclic amines) is 1. The van der Waals surface area contributed by atoms with E-state index < -0.39 is 11.7 Å². The average Bonchev–Trinajstić information content (AvgIpc) is 2.41. The summed E-state index contributed by atoms with van der Waals surface area (Å²) in [7, 11) is 1.87. The third-order valence-electron chi connectivity index (χ3n) is 4.24. The molecule has 0 aromatic carbocycles. The summed E-state index contributed by atoms with van der Waals surface area (Å²) in [5.74, 6) is 0.722. The Morgan fingerprint density at radius 2 is 2.10 bits per heavy atom. The van der Waals surface area contributed by atoms with E-state index in [-0.39, 0.29) is 0 Å². The molecule has 1 N–H and O–H groups in total. The zero-order chi connectivity index (χ0) is 14.8. The van der Waals surface area contributed by atoms with E-state index in [1.54, 1.807) is 0 Å². The van der Waals surface area contributed by atoms with Crippen LogP contribution >= 0.6 is 0 Å². The SMILES string of the molecule is CNC[N+]1(c2ccc(C(F)(F)F)cn2)CCCCC1C. The van der Waals surface area contributed by atoms with Gasteiger partial charge in [0.25, 0.3) is 0 Å². The smallest absolute Gasteiger partial charge is 0.273 e. The van der Waals surface area contributed by atoms with Gasteiger partial charge < -0.3 is 0 Å². The number of rotatable bonds is 3. The molecule has 0 amide bonds. The predicted molar refractivity (Wildman–Crippen MR) is 73.1 cm³/mol. The van der Waals surface area contributed by atoms with E-state index in [2.05, 4.69) is 17.2 Å². The highest BCUT2D eigenvalue weighted by atomic mass is 19.4. The molecule has 1 aliphatic heterocycles. The number of aromatic nitrogens is 1. The second-order valence-electron chi connectivity index (χ2n) is 5.52. The Hall–Kier alpha value is -1.14. The van der Waals surface area contributed by atoms with Crippen LogP contribution in [-0.4, -0.2) is 31.3 Å². The van der Waals surface area contributed by atoms with Crippen molar-refractivity contribution in [2.45, 2.75) is 38.4 Å². The van der Waals surface area contributed by atoms with Crippen molar-refractivity contribution in [3.05, 3.63) is 23.9 Å². The van der Waals surface area contributed by atoms with Gasteiger partial charge in [0.05, 0.1) is 18.2 Å². The molecule has 20 heavy (non-hydrogen) atoms. The number of hydrogen-bond donors (Lipinski definition) is 1. The fourth-order valence-corrected chi connectivity index (χ4v) is 3.06. The lowest BCUT2D eigenvalue weighted by Gasteiger charge is -2.44. The Morgan fingerprint density at radius 1 is 1.35 bits per heavy atom. The number of piperidine rings is 1. The van der Waals surface area contributed by atoms with Crippen molar-refractivity contribution in [2.75, 3.05) is 20.3 Å². The largest absolute Gasteiger partial charge is 0.417 e. The van der Waals surface area contributed by atoms with Crippen LogP contribution in [0.5, 0.6) is 0 Å². The summed E-state index contributed by atoms with van der Waals surface area (Å²) in [6, 6.07) is 3.03. The molecule has 112 valence electrons. The average molecular weight is 288 g/mol. The first-order valence-corrected chi connectivity index (χ1v) is 6.95. The Kier molecular flexibility index (Phi) is 4.34. The molecule has 1 saturated heterocycles. The maximum Gasteiger partial charge on any atom is 0.417 e. The van der Waals surface area contributed by atoms with E-state index in [1.807, 2.05) is 7.05 Å². The zero-order valence-corrected chi connectivity index (χ0v) is 11.9. The van der Waals surface area contributed by atoms with Crippen LogP contribution in [0.25, 0.3) is 0 Å². The van der Waals surface area contributed by atoms with E-state index >= 15 is 0 Å². The van der Waals surface area contributed by atoms with Crippen LogP contribution < -0.4 is 9.80 Å². The van der Waals surface area contributed by atoms with Gasteiger partial charge in [-0.2, -0.15) is 13.2 Å². The predicted octanol–water partition coefficient (Wildman–Crippen LogP) is 3.16. The van der Waals surface area contributed by atoms with E-state index in [9.17, 15) is 13.2 Å². The third-order valence-corrected chi connectivity index (χ3v) is 4.24. The molecule has 0 spiro atoms. The van der Waals surface area contributed by atoms with E-state index in [0.29, 0.717) is 17.2 Å². The first-order chi connectivity index (χ1) is 9.40. The molecule has 2 unspecified atom stereocenters. The van der Waals surface area contributed by atoms with Gasteiger partial charge in [0, 0.05) is 12.3 Å². The van der Waals surface area contributed by atoms with Gasteiger partial charge in [0.1, 0.15) is 6.67 Å². The summed E-state index contributed by atoms with van der Waals surface area (Å²) in [6.45, 7) is 3.76. The molecule has 1 aromatic rings. The first kappa shape index (κ1) is 15.3. The molecule has 0 bridgehead atoms. The lowest BCUT2D eigenvalue weighted by molar-refractivity contribution is -0.137. The molecule has 6 heteroatoms. The first-order valence-electron chi connectivity index (χ1n) is 6.95. The summed E-state index contributed by atoms with van der Waals surface area (Å²) >= 11 is 0. The quantitative estimate of drug-likeness (QED) is 0.864. The van der Waals surface area contributed by atoms with Gasteiger partial charge in [-0.15, -0.1) is 0 Å². The fraction of sp³-hybridized carbons (Fsp3) is 0.643. The lowest BCUT2D eigenvalue weighted by atomic mass is 10.00. The van der Waals surface area contributed by atoms with Crippen LogP contribution in [-0.2, 0) is 6.18 Å². The molecule has 1 aliphatic rings. The van der Waals surface area contributed by atoms with Crippen molar-refractivity contribution in [1.29, 1.82) is 0 Å². The number of pyridine rings is 1. The number of halogens is 3. The third kappa shape index (κ3) is 2.81. The molecule has 2 heterocycles. The molecule has 1 aromatic heterocycles. The normalized spacial score (nSPS) is 27.6. The lowest BCUT2D eigenvalue weighted by Crippen LogP contribution is -2.62. The summed E-state index contributed by atoms with van der Waals surface area (Å²) in [5.41, 5.74) is -0.687. The Bertz CT molecular complexity index is 440. The summed E-state index contributed by atoms with van der Waals surface area (Å²) in [4.78, 5) is 4.12. The minimum Gasteiger partial charge on any atom is -0.273 e. The highest BCUT2D eigenvalue weighted by Crippen LogP contribution is 2.34. The van der Waals surface area contributed by atoms with Gasteiger partial charge in [-0.1, -0.05) is 0 Å². The molecule has 0 aliphatic carbocycles. The van der Waals surface area contributed by atoms with Crippen molar-refractivity contribution in [1.82, 2.24) is 14.8 Å². The molecule has 0 radical (unpaired) electrons. The molecule has 2 rings (SSSR count). The standard InChI is InChI=1S/C14H21F3N3/c1-11-5-3-4-8-20(11,10-18-2)13-7-6-12(9-19-13)14(15,16)17/h6-7,9,11,18H,3-5,8,10H2,1-2H3/q+1. The Balaban J connectivity index is 2.34. The molecule has 3 nitrogen and oxygen atoms in total. The number of nitrogens with zero attached hydrogens (tertiary/aromatic N) is 2. The van der Waals surface area contributed by atoms with Crippen molar-refractivity contribution >= 4 is 5.82 Å². The van der Waals surface area contributed by atoms with E-state index in [0.717, 1.165) is 37.5 Å². The van der Waals surface area contributed by atoms with Crippen LogP contribution in [0, 0.1) is 0 Å². The Morgan fingerprint density at radius 3 is 2.60 bits per heavy atom. The van der Waals surface area contributed by atoms with Crippen molar-refractivity contribution in [2.24, 2.45) is 0 Å². The number of alkyl halides is 3. The van der Waals surface area contributed by atoms with E-state index in [4.69, 9.17) is 0 Å². The number of hydrogen-bond acceptors (Lipinski definition) is 2. The topological polar surface area (TPSA) is 24.9 Å². The minimum atomic E-state index is -4.33. The number of quaternary nitrogens is 1. The molecular weight excluding hydrogens is 267 g/mol. The van der Waals surface area contributed by atoms with Gasteiger partial charge in [-0.05, 0) is 39.3 Å². The van der Waals surface area contributed by atoms with Gasteiger partial charge in [-0.25, -0.2) is 4.98 Å². The van der Waals surface area contributed by atoms with Crippen LogP contribution in [0.3, 0.4) is 0 Å². The van der Waals surface area contributed by atoms with Crippen LogP contribution in [0.4, 0.5) is 19.0 Å². The highest BCUT2D eigenvalue weighted by Gasteiger charge is 2.40. The zero-order valence-electron chi connectivity index (χ0n) is 11.9. The minimum absolute atomic E-state index is 0.362. The summed E-state index contributed by atoms with van der Waals surface area (Å²) in [5, 5.41) is 3.16. The van der Waals surface area contributed by atoms with Gasteiger partial charge in [0.2, 0.25) is 5.82 Å². The highest BCUT2D eigenvalue weighted by molar-refractivity contribution is 5.37. The van der Waals surface area contributed by atoms with Crippen molar-refractivity contribution in [3.8, 4) is 0 Å². The summed E-state index contributed by atoms with van der Waals surface area (Å²) in [6.07, 6.45) is -0.0518. The monoisotopic (exact) mass is 288 g/mol. The van der Waals surface area contributed by atoms with Gasteiger partial charge in [-0.3, -0.25) is 9.80 Å². The Labute approximate surface area is 117 Å². The molecule has 0 saturated carbocycles. The van der Waals surface area contributed by atoms with Crippen LogP contribution in [0.1, 0.15) is 31.7 Å². The van der Waals surface area contributed by atoms with Crippen LogP contribution in [0.2, 0.25) is 0 Å². The second kappa shape index (κ2) is 5.69. The maximum absolute atomic E-state index is 12.6. The summed E-state index contributed by atoms with van der Waals surface area (Å²) < 4.78 is 38.5. The molecule has 2 atom stereocenters. The van der Waals surface area contributed by atoms with Crippen molar-refractivity contribution in [3.63, 3.8) is 0 Å². The van der Waals surface area contributed by atoms with Crippen LogP contribution in [0.15, 0.2) is 18.3 Å². The number of nitrogens with one attached hydrogen (secondary N) is 1. The second-order valence-corrected chi connectivity index (χ2v) is 5.52. The fourth-order valence-electron chi connectivity index (χ4n) is 3.06. The van der Waals surface area contributed by atoms with Crippen molar-refractivity contribution < 1.29 is 13.2 Å². The molecular formula is C14H21F3N3+. The maximum atomic E-state index is 12.6. The van der Waals surface area contributed by atoms with Gasteiger partial charge >= 0.3 is 6.18 Å².